The highest BCUT2D eigenvalue weighted by atomic mass is 16.6. The second-order valence-electron chi connectivity index (χ2n) is 5.15. The average Bonchev–Trinajstić information content (AvgIpc) is 3.10. The summed E-state index contributed by atoms with van der Waals surface area (Å²) < 4.78 is 11.1. The molecule has 0 N–H and O–H groups in total. The molecule has 2 fully saturated rings. The standard InChI is InChI=1S/C13H20O2/c1-2-4-11-7-12(6-5-10(11)3-1)14-8-13-9-15-13/h1,3,10-13H,2,4-9H2. The van der Waals surface area contributed by atoms with Crippen LogP contribution in [0.4, 0.5) is 0 Å². The molecule has 3 rings (SSSR count). The maximum Gasteiger partial charge on any atom is 0.104 e. The maximum atomic E-state index is 5.91. The Morgan fingerprint density at radius 1 is 1.27 bits per heavy atom. The number of ether oxygens (including phenoxy) is 2. The highest BCUT2D eigenvalue weighted by molar-refractivity contribution is 4.99. The first kappa shape index (κ1) is 9.86. The number of epoxide rings is 1. The monoisotopic (exact) mass is 208 g/mol. The summed E-state index contributed by atoms with van der Waals surface area (Å²) in [5.74, 6) is 1.75. The molecule has 2 nitrogen and oxygen atoms in total. The number of fused-ring (bicyclic) bond motifs is 1. The van der Waals surface area contributed by atoms with Crippen molar-refractivity contribution >= 4 is 0 Å². The van der Waals surface area contributed by atoms with Gasteiger partial charge in [-0.05, 0) is 43.9 Å². The van der Waals surface area contributed by atoms with Gasteiger partial charge in [-0.1, -0.05) is 12.2 Å². The van der Waals surface area contributed by atoms with Crippen LogP contribution in [0.5, 0.6) is 0 Å². The Labute approximate surface area is 91.6 Å². The van der Waals surface area contributed by atoms with E-state index < -0.39 is 0 Å². The quantitative estimate of drug-likeness (QED) is 0.525. The van der Waals surface area contributed by atoms with Crippen LogP contribution in [0.1, 0.15) is 32.1 Å². The van der Waals surface area contributed by atoms with Gasteiger partial charge in [0.05, 0.1) is 19.3 Å². The zero-order valence-corrected chi connectivity index (χ0v) is 9.23. The fourth-order valence-electron chi connectivity index (χ4n) is 2.97. The first-order valence-corrected chi connectivity index (χ1v) is 6.31. The minimum atomic E-state index is 0.425. The second kappa shape index (κ2) is 4.26. The Balaban J connectivity index is 1.49. The van der Waals surface area contributed by atoms with Crippen molar-refractivity contribution in [3.63, 3.8) is 0 Å². The van der Waals surface area contributed by atoms with E-state index in [2.05, 4.69) is 12.2 Å². The molecule has 2 heteroatoms. The molecule has 1 saturated heterocycles. The van der Waals surface area contributed by atoms with Crippen molar-refractivity contribution in [1.82, 2.24) is 0 Å². The molecular formula is C13H20O2. The van der Waals surface area contributed by atoms with Gasteiger partial charge in [0.15, 0.2) is 0 Å². The van der Waals surface area contributed by atoms with E-state index in [0.29, 0.717) is 12.2 Å². The molecule has 0 amide bonds. The first-order chi connectivity index (χ1) is 7.42. The van der Waals surface area contributed by atoms with Crippen molar-refractivity contribution in [3.05, 3.63) is 12.2 Å². The molecule has 4 unspecified atom stereocenters. The largest absolute Gasteiger partial charge is 0.375 e. The van der Waals surface area contributed by atoms with E-state index in [9.17, 15) is 0 Å². The van der Waals surface area contributed by atoms with Gasteiger partial charge >= 0.3 is 0 Å². The Bertz CT molecular complexity index is 245. The third-order valence-electron chi connectivity index (χ3n) is 4.00. The van der Waals surface area contributed by atoms with Crippen LogP contribution in [0.15, 0.2) is 12.2 Å². The summed E-state index contributed by atoms with van der Waals surface area (Å²) in [6.07, 6.45) is 12.3. The molecule has 0 spiro atoms. The van der Waals surface area contributed by atoms with Crippen molar-refractivity contribution in [2.75, 3.05) is 13.2 Å². The van der Waals surface area contributed by atoms with Gasteiger partial charge in [0, 0.05) is 0 Å². The van der Waals surface area contributed by atoms with Crippen molar-refractivity contribution in [2.24, 2.45) is 11.8 Å². The van der Waals surface area contributed by atoms with E-state index in [1.807, 2.05) is 0 Å². The van der Waals surface area contributed by atoms with E-state index >= 15 is 0 Å². The van der Waals surface area contributed by atoms with Gasteiger partial charge in [-0.3, -0.25) is 0 Å². The van der Waals surface area contributed by atoms with Crippen LogP contribution in [-0.4, -0.2) is 25.4 Å². The third kappa shape index (κ3) is 2.43. The summed E-state index contributed by atoms with van der Waals surface area (Å²) in [6.45, 7) is 1.75. The van der Waals surface area contributed by atoms with Crippen molar-refractivity contribution in [3.8, 4) is 0 Å². The summed E-state index contributed by atoms with van der Waals surface area (Å²) in [5.41, 5.74) is 0. The van der Waals surface area contributed by atoms with Crippen molar-refractivity contribution < 1.29 is 9.47 Å². The third-order valence-corrected chi connectivity index (χ3v) is 4.00. The molecule has 0 aromatic heterocycles. The number of allylic oxidation sites excluding steroid dienone is 2. The van der Waals surface area contributed by atoms with E-state index in [1.54, 1.807) is 0 Å². The van der Waals surface area contributed by atoms with E-state index in [1.165, 1.54) is 32.1 Å². The predicted molar refractivity (Wildman–Crippen MR) is 58.7 cm³/mol. The molecule has 1 saturated carbocycles. The lowest BCUT2D eigenvalue weighted by molar-refractivity contribution is -0.00577. The molecule has 0 aromatic carbocycles. The van der Waals surface area contributed by atoms with Crippen LogP contribution >= 0.6 is 0 Å². The van der Waals surface area contributed by atoms with Gasteiger partial charge in [-0.15, -0.1) is 0 Å². The number of hydrogen-bond acceptors (Lipinski definition) is 2. The zero-order valence-electron chi connectivity index (χ0n) is 9.23. The van der Waals surface area contributed by atoms with Crippen LogP contribution < -0.4 is 0 Å². The summed E-state index contributed by atoms with van der Waals surface area (Å²) in [4.78, 5) is 0. The lowest BCUT2D eigenvalue weighted by Gasteiger charge is -2.36. The van der Waals surface area contributed by atoms with Crippen LogP contribution in [0.25, 0.3) is 0 Å². The average molecular weight is 208 g/mol. The van der Waals surface area contributed by atoms with Crippen LogP contribution in [0, 0.1) is 11.8 Å². The first-order valence-electron chi connectivity index (χ1n) is 6.31. The molecule has 2 aliphatic carbocycles. The molecule has 1 aliphatic heterocycles. The lowest BCUT2D eigenvalue weighted by atomic mass is 9.73. The normalized spacial score (nSPS) is 43.7. The predicted octanol–water partition coefficient (Wildman–Crippen LogP) is 2.54. The van der Waals surface area contributed by atoms with Gasteiger partial charge < -0.3 is 9.47 Å². The molecule has 84 valence electrons. The van der Waals surface area contributed by atoms with E-state index in [4.69, 9.17) is 9.47 Å². The minimum Gasteiger partial charge on any atom is -0.375 e. The molecule has 0 aromatic rings. The van der Waals surface area contributed by atoms with Gasteiger partial charge in [0.2, 0.25) is 0 Å². The zero-order chi connectivity index (χ0) is 10.1. The summed E-state index contributed by atoms with van der Waals surface area (Å²) in [7, 11) is 0. The highest BCUT2D eigenvalue weighted by Gasteiger charge is 2.32. The summed E-state index contributed by atoms with van der Waals surface area (Å²) in [5, 5.41) is 0. The summed E-state index contributed by atoms with van der Waals surface area (Å²) >= 11 is 0. The van der Waals surface area contributed by atoms with Crippen LogP contribution in [-0.2, 0) is 9.47 Å². The molecule has 1 heterocycles. The van der Waals surface area contributed by atoms with Gasteiger partial charge in [0.25, 0.3) is 0 Å². The van der Waals surface area contributed by atoms with E-state index in [-0.39, 0.29) is 0 Å². The van der Waals surface area contributed by atoms with Crippen LogP contribution in [0.2, 0.25) is 0 Å². The van der Waals surface area contributed by atoms with Crippen LogP contribution in [0.3, 0.4) is 0 Å². The van der Waals surface area contributed by atoms with Gasteiger partial charge in [-0.2, -0.15) is 0 Å². The molecule has 0 bridgehead atoms. The van der Waals surface area contributed by atoms with Gasteiger partial charge in [0.1, 0.15) is 6.10 Å². The Morgan fingerprint density at radius 3 is 3.07 bits per heavy atom. The molecule has 4 atom stereocenters. The maximum absolute atomic E-state index is 5.91. The Morgan fingerprint density at radius 2 is 2.20 bits per heavy atom. The highest BCUT2D eigenvalue weighted by Crippen LogP contribution is 2.38. The van der Waals surface area contributed by atoms with Crippen molar-refractivity contribution in [1.29, 1.82) is 0 Å². The number of hydrogen-bond donors (Lipinski definition) is 0. The van der Waals surface area contributed by atoms with Gasteiger partial charge in [-0.25, -0.2) is 0 Å². The SMILES string of the molecule is C1=CC2CCC(OCC3CO3)CC2CC1. The second-order valence-corrected chi connectivity index (χ2v) is 5.15. The van der Waals surface area contributed by atoms with E-state index in [0.717, 1.165) is 25.0 Å². The molecule has 15 heavy (non-hydrogen) atoms. The summed E-state index contributed by atoms with van der Waals surface area (Å²) in [6, 6.07) is 0. The lowest BCUT2D eigenvalue weighted by Crippen LogP contribution is -2.30. The molecular weight excluding hydrogens is 188 g/mol. The van der Waals surface area contributed by atoms with Crippen molar-refractivity contribution in [2.45, 2.75) is 44.3 Å². The smallest absolute Gasteiger partial charge is 0.104 e. The minimum absolute atomic E-state index is 0.425. The topological polar surface area (TPSA) is 21.8 Å². The molecule has 0 radical (unpaired) electrons. The molecule has 3 aliphatic rings. The Kier molecular flexibility index (Phi) is 2.80. The fourth-order valence-corrected chi connectivity index (χ4v) is 2.97. The Hall–Kier alpha value is -0.340. The number of rotatable bonds is 3. The fraction of sp³-hybridized carbons (Fsp3) is 0.846.